The molecular weight excluding hydrogens is 214 g/mol. The minimum atomic E-state index is 0.238. The molecule has 0 radical (unpaired) electrons. The van der Waals surface area contributed by atoms with Crippen molar-refractivity contribution in [2.24, 2.45) is 0 Å². The van der Waals surface area contributed by atoms with Gasteiger partial charge in [-0.05, 0) is 26.3 Å². The third-order valence-corrected chi connectivity index (χ3v) is 3.11. The summed E-state index contributed by atoms with van der Waals surface area (Å²) in [5.74, 6) is 1.38. The van der Waals surface area contributed by atoms with Crippen LogP contribution in [0.2, 0.25) is 0 Å². The number of hydrogen-bond donors (Lipinski definition) is 1. The molecule has 17 heavy (non-hydrogen) atoms. The van der Waals surface area contributed by atoms with E-state index in [2.05, 4.69) is 34.5 Å². The number of hydrogen-bond acceptors (Lipinski definition) is 4. The molecule has 88 valence electrons. The maximum absolute atomic E-state index is 5.31. The van der Waals surface area contributed by atoms with Crippen molar-refractivity contribution in [1.82, 2.24) is 15.5 Å². The summed E-state index contributed by atoms with van der Waals surface area (Å²) in [6, 6.07) is 8.39. The quantitative estimate of drug-likeness (QED) is 0.859. The molecule has 1 saturated heterocycles. The molecule has 1 fully saturated rings. The average Bonchev–Trinajstić information content (AvgIpc) is 3.00. The Morgan fingerprint density at radius 1 is 1.29 bits per heavy atom. The van der Waals surface area contributed by atoms with E-state index in [1.807, 2.05) is 12.1 Å². The lowest BCUT2D eigenvalue weighted by molar-refractivity contribution is 0.345. The standard InChI is InChI=1S/C13H15N3O/c1-9-4-6-10(7-5-9)12-15-13(17-16-12)11-3-2-8-14-11/h4-7,11,14H,2-3,8H2,1H3. The van der Waals surface area contributed by atoms with Crippen molar-refractivity contribution < 1.29 is 4.52 Å². The molecule has 1 aliphatic heterocycles. The van der Waals surface area contributed by atoms with Gasteiger partial charge in [0.2, 0.25) is 11.7 Å². The van der Waals surface area contributed by atoms with Crippen LogP contribution >= 0.6 is 0 Å². The summed E-state index contributed by atoms with van der Waals surface area (Å²) in [7, 11) is 0. The topological polar surface area (TPSA) is 51.0 Å². The highest BCUT2D eigenvalue weighted by atomic mass is 16.5. The van der Waals surface area contributed by atoms with E-state index in [-0.39, 0.29) is 6.04 Å². The molecule has 1 N–H and O–H groups in total. The predicted octanol–water partition coefficient (Wildman–Crippen LogP) is 2.47. The largest absolute Gasteiger partial charge is 0.337 e. The summed E-state index contributed by atoms with van der Waals surface area (Å²) in [5.41, 5.74) is 2.23. The van der Waals surface area contributed by atoms with Gasteiger partial charge in [-0.2, -0.15) is 4.98 Å². The van der Waals surface area contributed by atoms with Crippen LogP contribution in [0.3, 0.4) is 0 Å². The van der Waals surface area contributed by atoms with Crippen molar-refractivity contribution in [3.63, 3.8) is 0 Å². The normalized spacial score (nSPS) is 19.7. The van der Waals surface area contributed by atoms with Crippen LogP contribution in [0.25, 0.3) is 11.4 Å². The first kappa shape index (κ1) is 10.5. The Balaban J connectivity index is 1.86. The summed E-state index contributed by atoms with van der Waals surface area (Å²) in [4.78, 5) is 4.45. The molecule has 1 unspecified atom stereocenters. The predicted molar refractivity (Wildman–Crippen MR) is 64.4 cm³/mol. The van der Waals surface area contributed by atoms with Gasteiger partial charge < -0.3 is 9.84 Å². The van der Waals surface area contributed by atoms with Crippen molar-refractivity contribution >= 4 is 0 Å². The van der Waals surface area contributed by atoms with Gasteiger partial charge in [-0.15, -0.1) is 0 Å². The Labute approximate surface area is 100 Å². The van der Waals surface area contributed by atoms with Gasteiger partial charge in [-0.1, -0.05) is 35.0 Å². The van der Waals surface area contributed by atoms with Gasteiger partial charge in [0.15, 0.2) is 0 Å². The van der Waals surface area contributed by atoms with Gasteiger partial charge >= 0.3 is 0 Å². The lowest BCUT2D eigenvalue weighted by Gasteiger charge is -2.01. The molecule has 0 spiro atoms. The zero-order valence-electron chi connectivity index (χ0n) is 9.81. The third-order valence-electron chi connectivity index (χ3n) is 3.11. The van der Waals surface area contributed by atoms with Crippen LogP contribution < -0.4 is 5.32 Å². The Hall–Kier alpha value is -1.68. The maximum Gasteiger partial charge on any atom is 0.244 e. The number of rotatable bonds is 2. The molecule has 0 amide bonds. The van der Waals surface area contributed by atoms with E-state index in [0.29, 0.717) is 11.7 Å². The SMILES string of the molecule is Cc1ccc(-c2noc(C3CCCN3)n2)cc1. The first-order chi connectivity index (χ1) is 8.33. The van der Waals surface area contributed by atoms with Crippen molar-refractivity contribution in [2.45, 2.75) is 25.8 Å². The van der Waals surface area contributed by atoms with Crippen molar-refractivity contribution in [3.05, 3.63) is 35.7 Å². The Morgan fingerprint density at radius 2 is 2.12 bits per heavy atom. The van der Waals surface area contributed by atoms with Crippen LogP contribution in [0, 0.1) is 6.92 Å². The number of aromatic nitrogens is 2. The summed E-state index contributed by atoms with van der Waals surface area (Å²) in [6.45, 7) is 3.10. The zero-order chi connectivity index (χ0) is 11.7. The highest BCUT2D eigenvalue weighted by molar-refractivity contribution is 5.54. The molecule has 1 atom stereocenters. The van der Waals surface area contributed by atoms with E-state index in [4.69, 9.17) is 4.52 Å². The molecule has 3 rings (SSSR count). The fourth-order valence-electron chi connectivity index (χ4n) is 2.09. The van der Waals surface area contributed by atoms with Crippen LogP contribution in [0.1, 0.15) is 30.3 Å². The molecule has 2 heterocycles. The van der Waals surface area contributed by atoms with Crippen LogP contribution in [0.4, 0.5) is 0 Å². The molecule has 0 bridgehead atoms. The van der Waals surface area contributed by atoms with E-state index in [0.717, 1.165) is 18.5 Å². The summed E-state index contributed by atoms with van der Waals surface area (Å²) < 4.78 is 5.31. The monoisotopic (exact) mass is 229 g/mol. The second-order valence-corrected chi connectivity index (χ2v) is 4.47. The van der Waals surface area contributed by atoms with Crippen LogP contribution in [0.15, 0.2) is 28.8 Å². The lowest BCUT2D eigenvalue weighted by Crippen LogP contribution is -2.12. The summed E-state index contributed by atoms with van der Waals surface area (Å²) >= 11 is 0. The minimum absolute atomic E-state index is 0.238. The molecular formula is C13H15N3O. The second kappa shape index (κ2) is 4.30. The fraction of sp³-hybridized carbons (Fsp3) is 0.385. The molecule has 1 aliphatic rings. The van der Waals surface area contributed by atoms with Crippen molar-refractivity contribution in [3.8, 4) is 11.4 Å². The van der Waals surface area contributed by atoms with Crippen LogP contribution in [-0.4, -0.2) is 16.7 Å². The minimum Gasteiger partial charge on any atom is -0.337 e. The summed E-state index contributed by atoms with van der Waals surface area (Å²) in [5, 5.41) is 7.39. The highest BCUT2D eigenvalue weighted by Gasteiger charge is 2.22. The van der Waals surface area contributed by atoms with E-state index in [1.54, 1.807) is 0 Å². The first-order valence-electron chi connectivity index (χ1n) is 5.97. The number of nitrogens with zero attached hydrogens (tertiary/aromatic N) is 2. The number of aryl methyl sites for hydroxylation is 1. The van der Waals surface area contributed by atoms with E-state index >= 15 is 0 Å². The molecule has 0 aliphatic carbocycles. The maximum atomic E-state index is 5.31. The number of nitrogens with one attached hydrogen (secondary N) is 1. The molecule has 1 aromatic heterocycles. The molecule has 4 heteroatoms. The smallest absolute Gasteiger partial charge is 0.244 e. The van der Waals surface area contributed by atoms with E-state index in [9.17, 15) is 0 Å². The van der Waals surface area contributed by atoms with Gasteiger partial charge in [0, 0.05) is 5.56 Å². The third kappa shape index (κ3) is 2.08. The lowest BCUT2D eigenvalue weighted by atomic mass is 10.1. The van der Waals surface area contributed by atoms with E-state index < -0.39 is 0 Å². The van der Waals surface area contributed by atoms with Gasteiger partial charge in [0.1, 0.15) is 0 Å². The Morgan fingerprint density at radius 3 is 2.82 bits per heavy atom. The molecule has 0 saturated carbocycles. The van der Waals surface area contributed by atoms with Crippen molar-refractivity contribution in [1.29, 1.82) is 0 Å². The zero-order valence-corrected chi connectivity index (χ0v) is 9.81. The fourth-order valence-corrected chi connectivity index (χ4v) is 2.09. The van der Waals surface area contributed by atoms with Gasteiger partial charge in [0.05, 0.1) is 6.04 Å². The van der Waals surface area contributed by atoms with Gasteiger partial charge in [-0.25, -0.2) is 0 Å². The average molecular weight is 229 g/mol. The van der Waals surface area contributed by atoms with E-state index in [1.165, 1.54) is 12.0 Å². The second-order valence-electron chi connectivity index (χ2n) is 4.47. The van der Waals surface area contributed by atoms with Gasteiger partial charge in [0.25, 0.3) is 0 Å². The summed E-state index contributed by atoms with van der Waals surface area (Å²) in [6.07, 6.45) is 2.25. The van der Waals surface area contributed by atoms with Gasteiger partial charge in [-0.3, -0.25) is 0 Å². The first-order valence-corrected chi connectivity index (χ1v) is 5.97. The molecule has 4 nitrogen and oxygen atoms in total. The van der Waals surface area contributed by atoms with Crippen molar-refractivity contribution in [2.75, 3.05) is 6.54 Å². The Bertz CT molecular complexity index is 498. The highest BCUT2D eigenvalue weighted by Crippen LogP contribution is 2.24. The van der Waals surface area contributed by atoms with Crippen LogP contribution in [0.5, 0.6) is 0 Å². The number of benzene rings is 1. The molecule has 1 aromatic carbocycles. The van der Waals surface area contributed by atoms with Crippen LogP contribution in [-0.2, 0) is 0 Å². The Kier molecular flexibility index (Phi) is 2.65. The molecule has 2 aromatic rings.